The fourth-order valence-electron chi connectivity index (χ4n) is 6.32. The molecule has 9 heteroatoms. The van der Waals surface area contributed by atoms with Gasteiger partial charge in [-0.3, -0.25) is 0 Å². The number of piperidine rings is 1. The lowest BCUT2D eigenvalue weighted by molar-refractivity contribution is -0.137. The van der Waals surface area contributed by atoms with E-state index in [-0.39, 0.29) is 46.1 Å². The van der Waals surface area contributed by atoms with Gasteiger partial charge in [0.2, 0.25) is 0 Å². The largest absolute Gasteiger partial charge is 0.417 e. The van der Waals surface area contributed by atoms with Gasteiger partial charge in [-0.2, -0.15) is 13.2 Å². The predicted molar refractivity (Wildman–Crippen MR) is 144 cm³/mol. The van der Waals surface area contributed by atoms with E-state index in [9.17, 15) is 27.1 Å². The Balaban J connectivity index is 0.00000353. The number of aliphatic hydroxyl groups is 1. The van der Waals surface area contributed by atoms with E-state index in [0.717, 1.165) is 42.9 Å². The van der Waals surface area contributed by atoms with Crippen LogP contribution in [0.1, 0.15) is 60.8 Å². The van der Waals surface area contributed by atoms with Crippen LogP contribution in [-0.2, 0) is 17.2 Å². The highest BCUT2D eigenvalue weighted by molar-refractivity contribution is 6.31. The molecule has 39 heavy (non-hydrogen) atoms. The molecular weight excluding hydrogens is 556 g/mol. The van der Waals surface area contributed by atoms with Crippen molar-refractivity contribution in [1.29, 1.82) is 0 Å². The van der Waals surface area contributed by atoms with Crippen LogP contribution < -0.4 is 0 Å². The summed E-state index contributed by atoms with van der Waals surface area (Å²) in [7, 11) is 0. The second kappa shape index (κ2) is 11.4. The van der Waals surface area contributed by atoms with E-state index in [1.807, 2.05) is 0 Å². The second-order valence-electron chi connectivity index (χ2n) is 10.6. The molecule has 3 aromatic rings. The zero-order valence-corrected chi connectivity index (χ0v) is 22.7. The van der Waals surface area contributed by atoms with Crippen LogP contribution in [-0.4, -0.2) is 29.1 Å². The van der Waals surface area contributed by atoms with Crippen molar-refractivity contribution in [2.45, 2.75) is 61.8 Å². The van der Waals surface area contributed by atoms with E-state index in [0.29, 0.717) is 25.9 Å². The third-order valence-electron chi connectivity index (χ3n) is 8.55. The molecule has 0 atom stereocenters. The van der Waals surface area contributed by atoms with Gasteiger partial charge in [-0.15, -0.1) is 12.4 Å². The topological polar surface area (TPSA) is 23.5 Å². The molecule has 1 saturated heterocycles. The molecule has 0 aromatic heterocycles. The molecule has 2 fully saturated rings. The van der Waals surface area contributed by atoms with Crippen LogP contribution in [0.25, 0.3) is 0 Å². The Labute approximate surface area is 236 Å². The first kappa shape index (κ1) is 29.8. The van der Waals surface area contributed by atoms with Crippen molar-refractivity contribution in [3.63, 3.8) is 0 Å². The first-order valence-electron chi connectivity index (χ1n) is 12.9. The highest BCUT2D eigenvalue weighted by Crippen LogP contribution is 2.47. The molecule has 210 valence electrons. The van der Waals surface area contributed by atoms with E-state index >= 15 is 0 Å². The smallest absolute Gasteiger partial charge is 0.385 e. The summed E-state index contributed by atoms with van der Waals surface area (Å²) in [6.07, 6.45) is -0.650. The number of rotatable bonds is 4. The third kappa shape index (κ3) is 5.97. The van der Waals surface area contributed by atoms with Gasteiger partial charge >= 0.3 is 6.18 Å². The molecule has 5 rings (SSSR count). The van der Waals surface area contributed by atoms with Crippen molar-refractivity contribution in [3.05, 3.63) is 106 Å². The maximum atomic E-state index is 13.7. The summed E-state index contributed by atoms with van der Waals surface area (Å²) >= 11 is 5.77. The summed E-state index contributed by atoms with van der Waals surface area (Å²) in [4.78, 5) is 2.31. The molecule has 0 amide bonds. The lowest BCUT2D eigenvalue weighted by Gasteiger charge is -2.47. The molecule has 0 spiro atoms. The van der Waals surface area contributed by atoms with E-state index in [1.165, 1.54) is 36.4 Å². The molecule has 2 aliphatic rings. The van der Waals surface area contributed by atoms with Gasteiger partial charge in [-0.1, -0.05) is 41.9 Å². The van der Waals surface area contributed by atoms with E-state index in [1.54, 1.807) is 24.3 Å². The normalized spacial score (nSPS) is 19.9. The second-order valence-corrected chi connectivity index (χ2v) is 11.0. The Morgan fingerprint density at radius 2 is 1.21 bits per heavy atom. The van der Waals surface area contributed by atoms with Crippen molar-refractivity contribution in [2.75, 3.05) is 13.1 Å². The van der Waals surface area contributed by atoms with Gasteiger partial charge in [0.25, 0.3) is 0 Å². The first-order chi connectivity index (χ1) is 18.0. The molecule has 0 radical (unpaired) electrons. The summed E-state index contributed by atoms with van der Waals surface area (Å²) in [5.74, 6) is -0.610. The lowest BCUT2D eigenvalue weighted by atomic mass is 9.64. The molecule has 1 N–H and O–H groups in total. The van der Waals surface area contributed by atoms with Gasteiger partial charge in [0, 0.05) is 24.5 Å². The Morgan fingerprint density at radius 1 is 0.744 bits per heavy atom. The summed E-state index contributed by atoms with van der Waals surface area (Å²) in [5, 5.41) is 10.9. The van der Waals surface area contributed by atoms with E-state index < -0.39 is 17.3 Å². The average Bonchev–Trinajstić information content (AvgIpc) is 2.90. The minimum Gasteiger partial charge on any atom is -0.385 e. The number of likely N-dealkylation sites (tertiary alicyclic amines) is 1. The molecule has 1 aliphatic carbocycles. The lowest BCUT2D eigenvalue weighted by Crippen LogP contribution is -2.49. The summed E-state index contributed by atoms with van der Waals surface area (Å²) < 4.78 is 67.5. The van der Waals surface area contributed by atoms with Gasteiger partial charge in [0.15, 0.2) is 0 Å². The molecular formula is C30H30Cl2F5NO. The molecule has 1 aliphatic heterocycles. The standard InChI is InChI=1S/C30H29ClF5NO.ClH/c31-27-10-5-22(19-26(27)30(34,35)36)29(38)15-17-37(18-16-29)25-11-13-28(14-12-25,20-1-6-23(32)7-2-20)21-3-8-24(33)9-4-21;/h1-10,19,25,38H,11-18H2;1H. The van der Waals surface area contributed by atoms with Gasteiger partial charge in [-0.05, 0) is 91.6 Å². The van der Waals surface area contributed by atoms with Crippen LogP contribution in [0.5, 0.6) is 0 Å². The van der Waals surface area contributed by atoms with Crippen LogP contribution in [0.15, 0.2) is 66.7 Å². The SMILES string of the molecule is Cl.OC1(c2ccc(Cl)c(C(F)(F)F)c2)CCN(C2CCC(c3ccc(F)cc3)(c3ccc(F)cc3)CC2)CC1. The minimum absolute atomic E-state index is 0. The zero-order chi connectivity index (χ0) is 27.1. The number of nitrogens with zero attached hydrogens (tertiary/aromatic N) is 1. The number of alkyl halides is 3. The molecule has 1 saturated carbocycles. The number of hydrogen-bond acceptors (Lipinski definition) is 2. The zero-order valence-electron chi connectivity index (χ0n) is 21.2. The van der Waals surface area contributed by atoms with E-state index in [4.69, 9.17) is 11.6 Å². The molecule has 2 nitrogen and oxygen atoms in total. The maximum Gasteiger partial charge on any atom is 0.417 e. The first-order valence-corrected chi connectivity index (χ1v) is 13.2. The van der Waals surface area contributed by atoms with Gasteiger partial charge < -0.3 is 10.0 Å². The van der Waals surface area contributed by atoms with Crippen molar-refractivity contribution < 1.29 is 27.1 Å². The van der Waals surface area contributed by atoms with Gasteiger partial charge in [0.05, 0.1) is 16.2 Å². The molecule has 0 unspecified atom stereocenters. The van der Waals surface area contributed by atoms with Crippen LogP contribution in [0, 0.1) is 11.6 Å². The summed E-state index contributed by atoms with van der Waals surface area (Å²) in [6.45, 7) is 1.12. The highest BCUT2D eigenvalue weighted by atomic mass is 35.5. The highest BCUT2D eigenvalue weighted by Gasteiger charge is 2.43. The Hall–Kier alpha value is -2.19. The Bertz CT molecular complexity index is 1220. The van der Waals surface area contributed by atoms with E-state index in [2.05, 4.69) is 4.90 Å². The molecule has 3 aromatic carbocycles. The van der Waals surface area contributed by atoms with Gasteiger partial charge in [-0.25, -0.2) is 8.78 Å². The number of halogens is 7. The molecule has 1 heterocycles. The number of hydrogen-bond donors (Lipinski definition) is 1. The monoisotopic (exact) mass is 585 g/mol. The fraction of sp³-hybridized carbons (Fsp3) is 0.400. The third-order valence-corrected chi connectivity index (χ3v) is 8.88. The Morgan fingerprint density at radius 3 is 1.67 bits per heavy atom. The maximum absolute atomic E-state index is 13.7. The van der Waals surface area contributed by atoms with Crippen LogP contribution in [0.4, 0.5) is 22.0 Å². The summed E-state index contributed by atoms with van der Waals surface area (Å²) in [5.41, 5.74) is -0.393. The van der Waals surface area contributed by atoms with Crippen LogP contribution in [0.3, 0.4) is 0 Å². The quantitative estimate of drug-likeness (QED) is 0.311. The number of benzene rings is 3. The fourth-order valence-corrected chi connectivity index (χ4v) is 6.55. The van der Waals surface area contributed by atoms with Gasteiger partial charge in [0.1, 0.15) is 11.6 Å². The van der Waals surface area contributed by atoms with Crippen molar-refractivity contribution in [2.24, 2.45) is 0 Å². The Kier molecular flexibility index (Phi) is 8.67. The van der Waals surface area contributed by atoms with Crippen molar-refractivity contribution in [1.82, 2.24) is 4.90 Å². The van der Waals surface area contributed by atoms with Crippen molar-refractivity contribution in [3.8, 4) is 0 Å². The van der Waals surface area contributed by atoms with Crippen LogP contribution >= 0.6 is 24.0 Å². The summed E-state index contributed by atoms with van der Waals surface area (Å²) in [6, 6.07) is 17.0. The average molecular weight is 586 g/mol. The van der Waals surface area contributed by atoms with Crippen molar-refractivity contribution >= 4 is 24.0 Å². The predicted octanol–water partition coefficient (Wildman–Crippen LogP) is 8.27. The van der Waals surface area contributed by atoms with Crippen LogP contribution in [0.2, 0.25) is 5.02 Å². The molecule has 0 bridgehead atoms. The minimum atomic E-state index is -4.59.